The monoisotopic (exact) mass is 255 g/mol. The number of rotatable bonds is 6. The van der Waals surface area contributed by atoms with E-state index in [-0.39, 0.29) is 5.54 Å². The molecule has 0 aromatic heterocycles. The molecule has 0 unspecified atom stereocenters. The van der Waals surface area contributed by atoms with Crippen LogP contribution >= 0.6 is 11.6 Å². The minimum Gasteiger partial charge on any atom is -0.497 e. The van der Waals surface area contributed by atoms with E-state index in [1.165, 1.54) is 5.56 Å². The summed E-state index contributed by atoms with van der Waals surface area (Å²) in [6, 6.07) is 5.85. The highest BCUT2D eigenvalue weighted by atomic mass is 35.5. The summed E-state index contributed by atoms with van der Waals surface area (Å²) in [6.07, 6.45) is 4.29. The number of halogens is 1. The molecule has 1 rings (SSSR count). The van der Waals surface area contributed by atoms with E-state index in [2.05, 4.69) is 13.8 Å². The van der Waals surface area contributed by atoms with Crippen LogP contribution in [0.5, 0.6) is 5.75 Å². The lowest BCUT2D eigenvalue weighted by Crippen LogP contribution is -2.31. The van der Waals surface area contributed by atoms with Gasteiger partial charge in [-0.15, -0.1) is 0 Å². The second-order valence-electron chi connectivity index (χ2n) is 5.15. The third kappa shape index (κ3) is 5.42. The molecule has 0 fully saturated rings. The van der Waals surface area contributed by atoms with Gasteiger partial charge in [-0.2, -0.15) is 0 Å². The van der Waals surface area contributed by atoms with Crippen LogP contribution in [-0.4, -0.2) is 12.6 Å². The summed E-state index contributed by atoms with van der Waals surface area (Å²) >= 11 is 6.17. The van der Waals surface area contributed by atoms with Crippen LogP contribution in [0.2, 0.25) is 5.02 Å². The fourth-order valence-electron chi connectivity index (χ4n) is 1.75. The molecular formula is C14H22ClNO. The van der Waals surface area contributed by atoms with Gasteiger partial charge in [0.05, 0.1) is 7.11 Å². The standard InChI is InChI=1S/C14H22ClNO/c1-14(2,16)9-5-4-6-11-7-8-12(17-3)10-13(11)15/h7-8,10H,4-6,9,16H2,1-3H3. The Kier molecular flexibility index (Phi) is 5.29. The Bertz CT molecular complexity index is 358. The summed E-state index contributed by atoms with van der Waals surface area (Å²) in [4.78, 5) is 0. The van der Waals surface area contributed by atoms with Gasteiger partial charge in [-0.25, -0.2) is 0 Å². The van der Waals surface area contributed by atoms with Crippen molar-refractivity contribution < 1.29 is 4.74 Å². The van der Waals surface area contributed by atoms with Crippen molar-refractivity contribution in [2.45, 2.75) is 45.1 Å². The summed E-state index contributed by atoms with van der Waals surface area (Å²) in [5, 5.41) is 0.788. The maximum atomic E-state index is 6.17. The largest absolute Gasteiger partial charge is 0.497 e. The molecule has 2 N–H and O–H groups in total. The first-order valence-corrected chi connectivity index (χ1v) is 6.41. The third-order valence-corrected chi connectivity index (χ3v) is 3.13. The quantitative estimate of drug-likeness (QED) is 0.785. The minimum atomic E-state index is -0.0658. The number of benzene rings is 1. The summed E-state index contributed by atoms with van der Waals surface area (Å²) in [5.41, 5.74) is 7.06. The van der Waals surface area contributed by atoms with Gasteiger partial charge >= 0.3 is 0 Å². The first-order valence-electron chi connectivity index (χ1n) is 6.04. The summed E-state index contributed by atoms with van der Waals surface area (Å²) in [6.45, 7) is 4.13. The molecule has 0 aliphatic heterocycles. The molecule has 0 atom stereocenters. The first kappa shape index (κ1) is 14.3. The Labute approximate surface area is 109 Å². The molecule has 3 heteroatoms. The van der Waals surface area contributed by atoms with Gasteiger partial charge in [0.1, 0.15) is 5.75 Å². The zero-order valence-corrected chi connectivity index (χ0v) is 11.7. The predicted molar refractivity (Wildman–Crippen MR) is 73.8 cm³/mol. The Hall–Kier alpha value is -0.730. The summed E-state index contributed by atoms with van der Waals surface area (Å²) in [7, 11) is 1.65. The number of unbranched alkanes of at least 4 members (excludes halogenated alkanes) is 1. The van der Waals surface area contributed by atoms with Crippen LogP contribution in [0.4, 0.5) is 0 Å². The highest BCUT2D eigenvalue weighted by molar-refractivity contribution is 6.31. The summed E-state index contributed by atoms with van der Waals surface area (Å²) in [5.74, 6) is 0.807. The van der Waals surface area contributed by atoms with Crippen molar-refractivity contribution >= 4 is 11.6 Å². The Balaban J connectivity index is 2.42. The molecule has 0 aliphatic rings. The van der Waals surface area contributed by atoms with Crippen LogP contribution in [0.1, 0.15) is 38.7 Å². The van der Waals surface area contributed by atoms with E-state index in [0.717, 1.165) is 36.5 Å². The van der Waals surface area contributed by atoms with Crippen molar-refractivity contribution in [2.24, 2.45) is 5.73 Å². The number of hydrogen-bond acceptors (Lipinski definition) is 2. The van der Waals surface area contributed by atoms with Gasteiger partial charge in [0.25, 0.3) is 0 Å². The van der Waals surface area contributed by atoms with E-state index in [4.69, 9.17) is 22.1 Å². The predicted octanol–water partition coefficient (Wildman–Crippen LogP) is 3.80. The number of methoxy groups -OCH3 is 1. The van der Waals surface area contributed by atoms with Gasteiger partial charge in [0.15, 0.2) is 0 Å². The Morgan fingerprint density at radius 3 is 2.53 bits per heavy atom. The SMILES string of the molecule is COc1ccc(CCCCC(C)(C)N)c(Cl)c1. The molecule has 0 radical (unpaired) electrons. The van der Waals surface area contributed by atoms with E-state index in [1.807, 2.05) is 18.2 Å². The van der Waals surface area contributed by atoms with Crippen molar-refractivity contribution in [3.8, 4) is 5.75 Å². The maximum Gasteiger partial charge on any atom is 0.120 e. The van der Waals surface area contributed by atoms with Gasteiger partial charge in [0, 0.05) is 10.6 Å². The molecule has 0 spiro atoms. The van der Waals surface area contributed by atoms with E-state index in [0.29, 0.717) is 0 Å². The molecule has 0 bridgehead atoms. The zero-order chi connectivity index (χ0) is 12.9. The average Bonchev–Trinajstić information content (AvgIpc) is 2.24. The molecule has 2 nitrogen and oxygen atoms in total. The highest BCUT2D eigenvalue weighted by Crippen LogP contribution is 2.24. The Morgan fingerprint density at radius 1 is 1.29 bits per heavy atom. The fourth-order valence-corrected chi connectivity index (χ4v) is 2.02. The normalized spacial score (nSPS) is 11.6. The molecular weight excluding hydrogens is 234 g/mol. The molecule has 0 heterocycles. The van der Waals surface area contributed by atoms with Crippen molar-refractivity contribution in [3.05, 3.63) is 28.8 Å². The van der Waals surface area contributed by atoms with Crippen LogP contribution in [0, 0.1) is 0 Å². The molecule has 1 aromatic carbocycles. The molecule has 0 aliphatic carbocycles. The van der Waals surface area contributed by atoms with Crippen molar-refractivity contribution in [2.75, 3.05) is 7.11 Å². The van der Waals surface area contributed by atoms with Crippen molar-refractivity contribution in [3.63, 3.8) is 0 Å². The Morgan fingerprint density at radius 2 is 2.00 bits per heavy atom. The lowest BCUT2D eigenvalue weighted by Gasteiger charge is -2.17. The van der Waals surface area contributed by atoms with Gasteiger partial charge in [-0.05, 0) is 50.8 Å². The molecule has 17 heavy (non-hydrogen) atoms. The second-order valence-corrected chi connectivity index (χ2v) is 5.56. The molecule has 96 valence electrons. The van der Waals surface area contributed by atoms with Gasteiger partial charge in [0.2, 0.25) is 0 Å². The highest BCUT2D eigenvalue weighted by Gasteiger charge is 2.09. The van der Waals surface area contributed by atoms with Crippen LogP contribution in [0.3, 0.4) is 0 Å². The molecule has 0 saturated heterocycles. The minimum absolute atomic E-state index is 0.0658. The van der Waals surface area contributed by atoms with Crippen LogP contribution in [0.15, 0.2) is 18.2 Å². The molecule has 0 saturated carbocycles. The van der Waals surface area contributed by atoms with E-state index < -0.39 is 0 Å². The number of ether oxygens (including phenoxy) is 1. The zero-order valence-electron chi connectivity index (χ0n) is 10.9. The number of hydrogen-bond donors (Lipinski definition) is 1. The van der Waals surface area contributed by atoms with E-state index >= 15 is 0 Å². The number of aryl methyl sites for hydroxylation is 1. The third-order valence-electron chi connectivity index (χ3n) is 2.78. The van der Waals surface area contributed by atoms with E-state index in [9.17, 15) is 0 Å². The fraction of sp³-hybridized carbons (Fsp3) is 0.571. The lowest BCUT2D eigenvalue weighted by atomic mass is 9.97. The van der Waals surface area contributed by atoms with Gasteiger partial charge in [-0.1, -0.05) is 24.1 Å². The van der Waals surface area contributed by atoms with Gasteiger partial charge in [-0.3, -0.25) is 0 Å². The van der Waals surface area contributed by atoms with Crippen molar-refractivity contribution in [1.29, 1.82) is 0 Å². The molecule has 1 aromatic rings. The van der Waals surface area contributed by atoms with Crippen LogP contribution in [0.25, 0.3) is 0 Å². The van der Waals surface area contributed by atoms with Crippen LogP contribution in [-0.2, 0) is 6.42 Å². The first-order chi connectivity index (χ1) is 7.92. The second kappa shape index (κ2) is 6.27. The average molecular weight is 256 g/mol. The van der Waals surface area contributed by atoms with Gasteiger partial charge < -0.3 is 10.5 Å². The summed E-state index contributed by atoms with van der Waals surface area (Å²) < 4.78 is 5.12. The van der Waals surface area contributed by atoms with E-state index in [1.54, 1.807) is 7.11 Å². The number of nitrogens with two attached hydrogens (primary N) is 1. The topological polar surface area (TPSA) is 35.2 Å². The lowest BCUT2D eigenvalue weighted by molar-refractivity contribution is 0.414. The maximum absolute atomic E-state index is 6.17. The van der Waals surface area contributed by atoms with Crippen LogP contribution < -0.4 is 10.5 Å². The van der Waals surface area contributed by atoms with Crippen molar-refractivity contribution in [1.82, 2.24) is 0 Å². The smallest absolute Gasteiger partial charge is 0.120 e. The molecule has 0 amide bonds.